The molecule has 3 heterocycles. The minimum Gasteiger partial charge on any atom is -0.325 e. The lowest BCUT2D eigenvalue weighted by atomic mass is 10.0. The third-order valence-electron chi connectivity index (χ3n) is 6.13. The zero-order valence-corrected chi connectivity index (χ0v) is 20.3. The summed E-state index contributed by atoms with van der Waals surface area (Å²) in [6.45, 7) is 2.01. The number of nitrogens with one attached hydrogen (secondary N) is 1. The van der Waals surface area contributed by atoms with Crippen molar-refractivity contribution >= 4 is 55.1 Å². The molecule has 1 amide bonds. The van der Waals surface area contributed by atoms with E-state index in [2.05, 4.69) is 39.6 Å². The van der Waals surface area contributed by atoms with Gasteiger partial charge in [0.1, 0.15) is 16.2 Å². The molecule has 2 aromatic carbocycles. The summed E-state index contributed by atoms with van der Waals surface area (Å²) in [5.74, 6) is 0.239. The van der Waals surface area contributed by atoms with E-state index in [-0.39, 0.29) is 11.7 Å². The van der Waals surface area contributed by atoms with Gasteiger partial charge in [-0.3, -0.25) is 4.79 Å². The van der Waals surface area contributed by atoms with E-state index >= 15 is 0 Å². The second kappa shape index (κ2) is 8.81. The molecule has 168 valence electrons. The number of carbonyl (C=O) groups excluding carboxylic acids is 1. The Morgan fingerprint density at radius 2 is 1.91 bits per heavy atom. The molecule has 0 unspecified atom stereocenters. The number of nitrogens with zero attached hydrogens (tertiary/aromatic N) is 3. The van der Waals surface area contributed by atoms with Crippen LogP contribution in [0.25, 0.3) is 31.7 Å². The van der Waals surface area contributed by atoms with Crippen LogP contribution in [0.3, 0.4) is 0 Å². The molecular formula is C27H22N4OS2. The van der Waals surface area contributed by atoms with Crippen LogP contribution in [-0.2, 0) is 17.6 Å². The highest BCUT2D eigenvalue weighted by Gasteiger charge is 2.25. The summed E-state index contributed by atoms with van der Waals surface area (Å²) < 4.78 is 1.01. The molecule has 0 bridgehead atoms. The highest BCUT2D eigenvalue weighted by Crippen LogP contribution is 2.43. The quantitative estimate of drug-likeness (QED) is 0.231. The average molecular weight is 483 g/mol. The van der Waals surface area contributed by atoms with Gasteiger partial charge in [0.2, 0.25) is 5.91 Å². The number of pyridine rings is 1. The van der Waals surface area contributed by atoms with Gasteiger partial charge in [0.05, 0.1) is 21.7 Å². The fraction of sp³-hybridized carbons (Fsp3) is 0.185. The number of anilines is 1. The van der Waals surface area contributed by atoms with Crippen LogP contribution >= 0.6 is 23.1 Å². The van der Waals surface area contributed by atoms with Crippen LogP contribution in [-0.4, -0.2) is 26.6 Å². The van der Waals surface area contributed by atoms with Gasteiger partial charge in [0.25, 0.3) is 0 Å². The normalized spacial score (nSPS) is 12.9. The fourth-order valence-electron chi connectivity index (χ4n) is 4.67. The number of aromatic nitrogens is 3. The molecule has 34 heavy (non-hydrogen) atoms. The van der Waals surface area contributed by atoms with Gasteiger partial charge in [-0.25, -0.2) is 15.0 Å². The van der Waals surface area contributed by atoms with Crippen LogP contribution in [0.1, 0.15) is 23.1 Å². The van der Waals surface area contributed by atoms with E-state index < -0.39 is 0 Å². The molecule has 0 saturated heterocycles. The van der Waals surface area contributed by atoms with E-state index in [0.717, 1.165) is 61.8 Å². The first-order valence-corrected chi connectivity index (χ1v) is 13.1. The summed E-state index contributed by atoms with van der Waals surface area (Å²) in [4.78, 5) is 27.9. The summed E-state index contributed by atoms with van der Waals surface area (Å²) in [5.41, 5.74) is 7.87. The van der Waals surface area contributed by atoms with Gasteiger partial charge >= 0.3 is 0 Å². The summed E-state index contributed by atoms with van der Waals surface area (Å²) in [7, 11) is 0. The van der Waals surface area contributed by atoms with Crippen LogP contribution in [0, 0.1) is 6.92 Å². The van der Waals surface area contributed by atoms with Gasteiger partial charge < -0.3 is 5.32 Å². The van der Waals surface area contributed by atoms with Crippen LogP contribution in [0.2, 0.25) is 0 Å². The first kappa shape index (κ1) is 21.3. The first-order valence-electron chi connectivity index (χ1n) is 11.3. The Labute approximate surface area is 205 Å². The van der Waals surface area contributed by atoms with Crippen molar-refractivity contribution in [2.24, 2.45) is 0 Å². The number of rotatable bonds is 5. The van der Waals surface area contributed by atoms with Gasteiger partial charge in [-0.1, -0.05) is 54.2 Å². The van der Waals surface area contributed by atoms with Crippen LogP contribution < -0.4 is 5.32 Å². The van der Waals surface area contributed by atoms with E-state index in [9.17, 15) is 4.79 Å². The van der Waals surface area contributed by atoms with E-state index in [1.54, 1.807) is 17.7 Å². The SMILES string of the molecule is Cc1cccc(NC(=O)CSc2ncnc3c2sc2nc(-c4ccccc4)c4c(c23)CCC4)c1. The van der Waals surface area contributed by atoms with Gasteiger partial charge in [-0.2, -0.15) is 0 Å². The number of benzene rings is 2. The molecule has 0 aliphatic heterocycles. The molecule has 6 rings (SSSR count). The Bertz CT molecular complexity index is 1550. The topological polar surface area (TPSA) is 67.8 Å². The Kier molecular flexibility index (Phi) is 5.51. The van der Waals surface area contributed by atoms with E-state index in [1.165, 1.54) is 28.3 Å². The summed E-state index contributed by atoms with van der Waals surface area (Å²) in [6, 6.07) is 18.3. The van der Waals surface area contributed by atoms with Crippen molar-refractivity contribution in [1.82, 2.24) is 15.0 Å². The highest BCUT2D eigenvalue weighted by molar-refractivity contribution is 8.00. The Morgan fingerprint density at radius 3 is 2.76 bits per heavy atom. The monoisotopic (exact) mass is 482 g/mol. The summed E-state index contributed by atoms with van der Waals surface area (Å²) in [5, 5.41) is 4.98. The van der Waals surface area contributed by atoms with Gasteiger partial charge in [0, 0.05) is 16.6 Å². The lowest BCUT2D eigenvalue weighted by molar-refractivity contribution is -0.113. The van der Waals surface area contributed by atoms with E-state index in [0.29, 0.717) is 0 Å². The smallest absolute Gasteiger partial charge is 0.234 e. The molecule has 0 saturated carbocycles. The van der Waals surface area contributed by atoms with Crippen molar-refractivity contribution in [1.29, 1.82) is 0 Å². The maximum absolute atomic E-state index is 12.6. The second-order valence-electron chi connectivity index (χ2n) is 8.48. The van der Waals surface area contributed by atoms with Gasteiger partial charge in [-0.05, 0) is 55.0 Å². The predicted molar refractivity (Wildman–Crippen MR) is 141 cm³/mol. The third kappa shape index (κ3) is 3.85. The summed E-state index contributed by atoms with van der Waals surface area (Å²) in [6.07, 6.45) is 4.85. The van der Waals surface area contributed by atoms with Crippen LogP contribution in [0.4, 0.5) is 5.69 Å². The number of carbonyl (C=O) groups is 1. The number of amides is 1. The van der Waals surface area contributed by atoms with Crippen molar-refractivity contribution in [3.63, 3.8) is 0 Å². The number of hydrogen-bond acceptors (Lipinski definition) is 6. The largest absolute Gasteiger partial charge is 0.325 e. The molecule has 5 aromatic rings. The molecule has 7 heteroatoms. The van der Waals surface area contributed by atoms with Crippen LogP contribution in [0.5, 0.6) is 0 Å². The molecule has 1 aliphatic carbocycles. The van der Waals surface area contributed by atoms with Crippen molar-refractivity contribution in [3.8, 4) is 11.3 Å². The summed E-state index contributed by atoms with van der Waals surface area (Å²) >= 11 is 3.08. The van der Waals surface area contributed by atoms with Crippen molar-refractivity contribution in [2.75, 3.05) is 11.1 Å². The molecule has 0 spiro atoms. The number of hydrogen-bond donors (Lipinski definition) is 1. The maximum Gasteiger partial charge on any atom is 0.234 e. The molecule has 0 fully saturated rings. The lowest BCUT2D eigenvalue weighted by Gasteiger charge is -2.09. The van der Waals surface area contributed by atoms with Crippen molar-refractivity contribution < 1.29 is 4.79 Å². The zero-order valence-electron chi connectivity index (χ0n) is 18.7. The molecule has 5 nitrogen and oxygen atoms in total. The van der Waals surface area contributed by atoms with Gasteiger partial charge in [0.15, 0.2) is 0 Å². The zero-order chi connectivity index (χ0) is 23.1. The molecule has 1 N–H and O–H groups in total. The standard InChI is InChI=1S/C27H22N4OS2/c1-16-7-5-10-18(13-16)30-21(32)14-33-27-25-24(28-15-29-27)22-19-11-6-12-20(19)23(31-26(22)34-25)17-8-3-2-4-9-17/h2-5,7-10,13,15H,6,11-12,14H2,1H3,(H,30,32). The van der Waals surface area contributed by atoms with E-state index in [1.807, 2.05) is 37.3 Å². The van der Waals surface area contributed by atoms with Crippen LogP contribution in [0.15, 0.2) is 66.0 Å². The molecule has 0 atom stereocenters. The number of fused-ring (bicyclic) bond motifs is 5. The number of thiophene rings is 1. The predicted octanol–water partition coefficient (Wildman–Crippen LogP) is 6.43. The molecule has 3 aromatic heterocycles. The maximum atomic E-state index is 12.6. The first-order chi connectivity index (χ1) is 16.7. The Balaban J connectivity index is 1.36. The molecule has 0 radical (unpaired) electrons. The van der Waals surface area contributed by atoms with Crippen molar-refractivity contribution in [3.05, 3.63) is 77.6 Å². The minimum atomic E-state index is -0.0474. The van der Waals surface area contributed by atoms with E-state index in [4.69, 9.17) is 4.98 Å². The highest BCUT2D eigenvalue weighted by atomic mass is 32.2. The molecular weight excluding hydrogens is 460 g/mol. The van der Waals surface area contributed by atoms with Crippen molar-refractivity contribution in [2.45, 2.75) is 31.2 Å². The Hall–Kier alpha value is -3.29. The number of aryl methyl sites for hydroxylation is 2. The molecule has 1 aliphatic rings. The average Bonchev–Trinajstić information content (AvgIpc) is 3.47. The Morgan fingerprint density at radius 1 is 1.06 bits per heavy atom. The second-order valence-corrected chi connectivity index (χ2v) is 10.4. The van der Waals surface area contributed by atoms with Gasteiger partial charge in [-0.15, -0.1) is 11.3 Å². The fourth-order valence-corrected chi connectivity index (χ4v) is 6.70. The minimum absolute atomic E-state index is 0.0474. The third-order valence-corrected chi connectivity index (χ3v) is 8.33. The number of thioether (sulfide) groups is 1. The lowest BCUT2D eigenvalue weighted by Crippen LogP contribution is -2.14.